The molecule has 1 aliphatic carbocycles. The topological polar surface area (TPSA) is 17.8 Å². The summed E-state index contributed by atoms with van der Waals surface area (Å²) in [5.41, 5.74) is 12.2. The first-order valence-electron chi connectivity index (χ1n) is 14.8. The Morgan fingerprint density at radius 1 is 0.581 bits per heavy atom. The highest BCUT2D eigenvalue weighted by Crippen LogP contribution is 2.49. The van der Waals surface area contributed by atoms with Gasteiger partial charge in [-0.15, -0.1) is 11.3 Å². The van der Waals surface area contributed by atoms with E-state index in [0.717, 1.165) is 28.1 Å². The van der Waals surface area contributed by atoms with Gasteiger partial charge in [-0.3, -0.25) is 4.57 Å². The van der Waals surface area contributed by atoms with Crippen LogP contribution in [0, 0.1) is 0 Å². The standard InChI is InChI=1S/C40H28N2S/c1-40(2)33-17-5-3-13-29(33)30-22-21-27(24-34(30)40)42-36-19-7-6-18-35(36)41-39(42)26-12-9-11-25(23-26)28-15-10-16-32-31-14-4-8-20-37(31)43-38(28)32/h3-24H,1-2H3. The van der Waals surface area contributed by atoms with Gasteiger partial charge < -0.3 is 0 Å². The predicted molar refractivity (Wildman–Crippen MR) is 182 cm³/mol. The molecular formula is C40H28N2S. The van der Waals surface area contributed by atoms with E-state index in [4.69, 9.17) is 4.98 Å². The van der Waals surface area contributed by atoms with Crippen LogP contribution in [0.5, 0.6) is 0 Å². The molecule has 0 atom stereocenters. The summed E-state index contributed by atoms with van der Waals surface area (Å²) in [6.07, 6.45) is 0. The molecule has 0 radical (unpaired) electrons. The first kappa shape index (κ1) is 24.6. The zero-order chi connectivity index (χ0) is 28.7. The van der Waals surface area contributed by atoms with Crippen molar-refractivity contribution in [2.45, 2.75) is 19.3 Å². The van der Waals surface area contributed by atoms with Gasteiger partial charge in [0.15, 0.2) is 0 Å². The van der Waals surface area contributed by atoms with Crippen molar-refractivity contribution in [3.05, 3.63) is 145 Å². The van der Waals surface area contributed by atoms with E-state index < -0.39 is 0 Å². The van der Waals surface area contributed by atoms with Crippen molar-refractivity contribution in [2.24, 2.45) is 0 Å². The van der Waals surface area contributed by atoms with Crippen LogP contribution in [0.4, 0.5) is 0 Å². The number of thiophene rings is 1. The minimum atomic E-state index is -0.0681. The molecule has 0 fully saturated rings. The number of benzene rings is 6. The molecular weight excluding hydrogens is 541 g/mol. The summed E-state index contributed by atoms with van der Waals surface area (Å²) in [4.78, 5) is 5.23. The lowest BCUT2D eigenvalue weighted by atomic mass is 9.82. The van der Waals surface area contributed by atoms with Crippen LogP contribution in [-0.4, -0.2) is 9.55 Å². The molecule has 0 bridgehead atoms. The second-order valence-corrected chi connectivity index (χ2v) is 13.1. The largest absolute Gasteiger partial charge is 0.292 e. The van der Waals surface area contributed by atoms with E-state index >= 15 is 0 Å². The Morgan fingerprint density at radius 2 is 1.30 bits per heavy atom. The summed E-state index contributed by atoms with van der Waals surface area (Å²) in [6, 6.07) is 48.5. The quantitative estimate of drug-likeness (QED) is 0.207. The van der Waals surface area contributed by atoms with Crippen LogP contribution < -0.4 is 0 Å². The molecule has 0 unspecified atom stereocenters. The molecule has 43 heavy (non-hydrogen) atoms. The molecule has 0 saturated heterocycles. The lowest BCUT2D eigenvalue weighted by Gasteiger charge is -2.22. The van der Waals surface area contributed by atoms with E-state index in [1.165, 1.54) is 53.6 Å². The molecule has 2 nitrogen and oxygen atoms in total. The highest BCUT2D eigenvalue weighted by Gasteiger charge is 2.35. The van der Waals surface area contributed by atoms with Gasteiger partial charge in [-0.05, 0) is 69.8 Å². The minimum Gasteiger partial charge on any atom is -0.292 e. The smallest absolute Gasteiger partial charge is 0.145 e. The van der Waals surface area contributed by atoms with Crippen molar-refractivity contribution in [2.75, 3.05) is 0 Å². The zero-order valence-corrected chi connectivity index (χ0v) is 24.8. The van der Waals surface area contributed by atoms with Crippen LogP contribution >= 0.6 is 11.3 Å². The Bertz CT molecular complexity index is 2390. The Balaban J connectivity index is 1.24. The van der Waals surface area contributed by atoms with Gasteiger partial charge in [-0.1, -0.05) is 111 Å². The van der Waals surface area contributed by atoms with Crippen LogP contribution in [0.15, 0.2) is 133 Å². The van der Waals surface area contributed by atoms with Crippen molar-refractivity contribution in [3.63, 3.8) is 0 Å². The van der Waals surface area contributed by atoms with Gasteiger partial charge in [0.2, 0.25) is 0 Å². The molecule has 0 spiro atoms. The van der Waals surface area contributed by atoms with E-state index in [1.54, 1.807) is 0 Å². The maximum atomic E-state index is 5.23. The number of aromatic nitrogens is 2. The fourth-order valence-electron chi connectivity index (χ4n) is 7.11. The highest BCUT2D eigenvalue weighted by molar-refractivity contribution is 7.26. The SMILES string of the molecule is CC1(C)c2ccccc2-c2ccc(-n3c(-c4cccc(-c5cccc6c5sc5ccccc56)c4)nc4ccccc43)cc21. The molecule has 3 heteroatoms. The van der Waals surface area contributed by atoms with Crippen molar-refractivity contribution in [1.29, 1.82) is 0 Å². The molecule has 2 aromatic heterocycles. The van der Waals surface area contributed by atoms with E-state index in [1.807, 2.05) is 11.3 Å². The summed E-state index contributed by atoms with van der Waals surface area (Å²) in [5, 5.41) is 2.64. The fraction of sp³-hybridized carbons (Fsp3) is 0.0750. The lowest BCUT2D eigenvalue weighted by molar-refractivity contribution is 0.660. The number of fused-ring (bicyclic) bond motifs is 7. The Kier molecular flexibility index (Phi) is 5.15. The summed E-state index contributed by atoms with van der Waals surface area (Å²) in [6.45, 7) is 4.68. The molecule has 8 aromatic rings. The van der Waals surface area contributed by atoms with Crippen LogP contribution in [0.2, 0.25) is 0 Å². The third-order valence-corrected chi connectivity index (χ3v) is 10.4. The highest BCUT2D eigenvalue weighted by atomic mass is 32.1. The molecule has 0 amide bonds. The van der Waals surface area contributed by atoms with Crippen molar-refractivity contribution in [1.82, 2.24) is 9.55 Å². The van der Waals surface area contributed by atoms with Crippen molar-refractivity contribution < 1.29 is 0 Å². The van der Waals surface area contributed by atoms with E-state index in [-0.39, 0.29) is 5.41 Å². The number of imidazole rings is 1. The van der Waals surface area contributed by atoms with E-state index in [2.05, 4.69) is 152 Å². The minimum absolute atomic E-state index is 0.0681. The maximum absolute atomic E-state index is 5.23. The van der Waals surface area contributed by atoms with Gasteiger partial charge >= 0.3 is 0 Å². The van der Waals surface area contributed by atoms with Crippen LogP contribution in [0.25, 0.3) is 70.5 Å². The van der Waals surface area contributed by atoms with Crippen LogP contribution in [0.1, 0.15) is 25.0 Å². The lowest BCUT2D eigenvalue weighted by Crippen LogP contribution is -2.15. The summed E-state index contributed by atoms with van der Waals surface area (Å²) >= 11 is 1.87. The van der Waals surface area contributed by atoms with Crippen LogP contribution in [0.3, 0.4) is 0 Å². The third-order valence-electron chi connectivity index (χ3n) is 9.22. The summed E-state index contributed by atoms with van der Waals surface area (Å²) in [7, 11) is 0. The van der Waals surface area contributed by atoms with Gasteiger partial charge in [0, 0.05) is 36.8 Å². The predicted octanol–water partition coefficient (Wildman–Crippen LogP) is 11.0. The molecule has 0 N–H and O–H groups in total. The van der Waals surface area contributed by atoms with Gasteiger partial charge in [-0.2, -0.15) is 0 Å². The first-order chi connectivity index (χ1) is 21.1. The molecule has 1 aliphatic rings. The van der Waals surface area contributed by atoms with Gasteiger partial charge in [0.25, 0.3) is 0 Å². The number of hydrogen-bond donors (Lipinski definition) is 0. The number of nitrogens with zero attached hydrogens (tertiary/aromatic N) is 2. The van der Waals surface area contributed by atoms with Gasteiger partial charge in [-0.25, -0.2) is 4.98 Å². The molecule has 0 aliphatic heterocycles. The van der Waals surface area contributed by atoms with Crippen LogP contribution in [-0.2, 0) is 5.41 Å². The Morgan fingerprint density at radius 3 is 2.26 bits per heavy atom. The molecule has 0 saturated carbocycles. The molecule has 204 valence electrons. The maximum Gasteiger partial charge on any atom is 0.145 e. The average Bonchev–Trinajstić information content (AvgIpc) is 3.70. The third kappa shape index (κ3) is 3.55. The normalized spacial score (nSPS) is 13.5. The zero-order valence-electron chi connectivity index (χ0n) is 24.0. The first-order valence-corrected chi connectivity index (χ1v) is 15.6. The van der Waals surface area contributed by atoms with Gasteiger partial charge in [0.05, 0.1) is 11.0 Å². The summed E-state index contributed by atoms with van der Waals surface area (Å²) in [5.74, 6) is 0.958. The van der Waals surface area contributed by atoms with E-state index in [9.17, 15) is 0 Å². The second kappa shape index (κ2) is 9.00. The monoisotopic (exact) mass is 568 g/mol. The molecule has 2 heterocycles. The Hall–Kier alpha value is -4.99. The van der Waals surface area contributed by atoms with Gasteiger partial charge in [0.1, 0.15) is 5.82 Å². The number of rotatable bonds is 3. The Labute approximate surface area is 254 Å². The number of para-hydroxylation sites is 2. The number of hydrogen-bond acceptors (Lipinski definition) is 2. The van der Waals surface area contributed by atoms with Crippen molar-refractivity contribution in [3.8, 4) is 39.3 Å². The van der Waals surface area contributed by atoms with E-state index in [0.29, 0.717) is 0 Å². The average molecular weight is 569 g/mol. The second-order valence-electron chi connectivity index (χ2n) is 12.0. The fourth-order valence-corrected chi connectivity index (χ4v) is 8.35. The van der Waals surface area contributed by atoms with Crippen molar-refractivity contribution >= 4 is 42.5 Å². The molecule has 9 rings (SSSR count). The molecule has 6 aromatic carbocycles. The summed E-state index contributed by atoms with van der Waals surface area (Å²) < 4.78 is 4.99.